The quantitative estimate of drug-likeness (QED) is 0.778. The molecule has 0 bridgehead atoms. The predicted octanol–water partition coefficient (Wildman–Crippen LogP) is 2.36. The van der Waals surface area contributed by atoms with Gasteiger partial charge in [0.15, 0.2) is 0 Å². The average Bonchev–Trinajstić information content (AvgIpc) is 2.63. The fraction of sp³-hybridized carbons (Fsp3) is 0.588. The van der Waals surface area contributed by atoms with Gasteiger partial charge in [0.1, 0.15) is 17.2 Å². The molecule has 2 saturated heterocycles. The number of nitrogens with zero attached hydrogens (tertiary/aromatic N) is 1. The topological polar surface area (TPSA) is 38.8 Å². The summed E-state index contributed by atoms with van der Waals surface area (Å²) in [4.78, 5) is 13.8. The van der Waals surface area contributed by atoms with E-state index in [4.69, 9.17) is 9.31 Å². The second-order valence-corrected chi connectivity index (χ2v) is 7.73. The highest BCUT2D eigenvalue weighted by Crippen LogP contribution is 2.37. The van der Waals surface area contributed by atoms with Gasteiger partial charge in [0, 0.05) is 18.6 Å². The molecule has 24 heavy (non-hydrogen) atoms. The molecule has 2 aliphatic rings. The highest BCUT2D eigenvalue weighted by Gasteiger charge is 2.53. The lowest BCUT2D eigenvalue weighted by Gasteiger charge is -2.37. The van der Waals surface area contributed by atoms with Crippen LogP contribution < -0.4 is 5.46 Å². The van der Waals surface area contributed by atoms with Crippen LogP contribution in [0.4, 0.5) is 8.78 Å². The van der Waals surface area contributed by atoms with Gasteiger partial charge in [-0.2, -0.15) is 0 Å². The second kappa shape index (κ2) is 5.53. The lowest BCUT2D eigenvalue weighted by Crippen LogP contribution is -2.49. The maximum Gasteiger partial charge on any atom is 0.497 e. The van der Waals surface area contributed by atoms with Crippen LogP contribution in [0.3, 0.4) is 0 Å². The van der Waals surface area contributed by atoms with Crippen LogP contribution in [-0.4, -0.2) is 42.2 Å². The number of benzene rings is 1. The van der Waals surface area contributed by atoms with Gasteiger partial charge in [0.25, 0.3) is 5.91 Å². The van der Waals surface area contributed by atoms with E-state index in [2.05, 4.69) is 0 Å². The van der Waals surface area contributed by atoms with Gasteiger partial charge in [0.2, 0.25) is 0 Å². The highest BCUT2D eigenvalue weighted by molar-refractivity contribution is 6.62. The SMILES string of the molecule is CC1CN(C(=O)c2c(F)ccc(B3OC(C)(C)C(C)(C)O3)c2F)C1. The monoisotopic (exact) mass is 337 g/mol. The van der Waals surface area contributed by atoms with E-state index in [9.17, 15) is 13.6 Å². The average molecular weight is 337 g/mol. The molecule has 0 saturated carbocycles. The van der Waals surface area contributed by atoms with Crippen molar-refractivity contribution >= 4 is 18.5 Å². The van der Waals surface area contributed by atoms with E-state index in [-0.39, 0.29) is 5.46 Å². The Bertz CT molecular complexity index is 671. The van der Waals surface area contributed by atoms with Gasteiger partial charge in [-0.15, -0.1) is 0 Å². The minimum atomic E-state index is -0.975. The Hall–Kier alpha value is -1.47. The van der Waals surface area contributed by atoms with Crippen molar-refractivity contribution < 1.29 is 22.9 Å². The minimum Gasteiger partial charge on any atom is -0.399 e. The van der Waals surface area contributed by atoms with Gasteiger partial charge in [0.05, 0.1) is 11.2 Å². The largest absolute Gasteiger partial charge is 0.497 e. The molecule has 4 nitrogen and oxygen atoms in total. The number of carbonyl (C=O) groups is 1. The molecule has 7 heteroatoms. The molecule has 0 spiro atoms. The van der Waals surface area contributed by atoms with Crippen molar-refractivity contribution in [1.29, 1.82) is 0 Å². The van der Waals surface area contributed by atoms with Crippen molar-refractivity contribution in [2.24, 2.45) is 5.92 Å². The smallest absolute Gasteiger partial charge is 0.399 e. The van der Waals surface area contributed by atoms with Crippen LogP contribution in [0.25, 0.3) is 0 Å². The Morgan fingerprint density at radius 1 is 1.17 bits per heavy atom. The molecule has 0 N–H and O–H groups in total. The van der Waals surface area contributed by atoms with E-state index >= 15 is 0 Å². The Kier molecular flexibility index (Phi) is 4.00. The summed E-state index contributed by atoms with van der Waals surface area (Å²) in [5.74, 6) is -2.04. The van der Waals surface area contributed by atoms with Crippen LogP contribution in [-0.2, 0) is 9.31 Å². The summed E-state index contributed by atoms with van der Waals surface area (Å²) in [6.07, 6.45) is 0. The zero-order valence-corrected chi connectivity index (χ0v) is 14.7. The van der Waals surface area contributed by atoms with Gasteiger partial charge in [-0.1, -0.05) is 13.0 Å². The molecule has 3 rings (SSSR count). The number of likely N-dealkylation sites (tertiary alicyclic amines) is 1. The summed E-state index contributed by atoms with van der Waals surface area (Å²) in [6, 6.07) is 2.38. The summed E-state index contributed by atoms with van der Waals surface area (Å²) in [6.45, 7) is 10.4. The number of halogens is 2. The van der Waals surface area contributed by atoms with Crippen molar-refractivity contribution in [3.63, 3.8) is 0 Å². The van der Waals surface area contributed by atoms with Crippen LogP contribution in [0.1, 0.15) is 45.0 Å². The summed E-state index contributed by atoms with van der Waals surface area (Å²) in [5, 5.41) is 0. The molecule has 1 aromatic rings. The second-order valence-electron chi connectivity index (χ2n) is 7.73. The van der Waals surface area contributed by atoms with Crippen LogP contribution in [0.15, 0.2) is 12.1 Å². The van der Waals surface area contributed by atoms with Crippen LogP contribution in [0.5, 0.6) is 0 Å². The molecule has 130 valence electrons. The summed E-state index contributed by atoms with van der Waals surface area (Å²) in [7, 11) is -0.975. The molecular weight excluding hydrogens is 315 g/mol. The molecule has 1 amide bonds. The molecule has 0 aliphatic carbocycles. The minimum absolute atomic E-state index is 0.0481. The third kappa shape index (κ3) is 2.63. The van der Waals surface area contributed by atoms with Gasteiger partial charge in [-0.3, -0.25) is 4.79 Å². The fourth-order valence-corrected chi connectivity index (χ4v) is 2.94. The van der Waals surface area contributed by atoms with Crippen molar-refractivity contribution in [1.82, 2.24) is 4.90 Å². The van der Waals surface area contributed by atoms with E-state index in [0.717, 1.165) is 6.07 Å². The first-order chi connectivity index (χ1) is 11.0. The molecule has 1 aromatic carbocycles. The lowest BCUT2D eigenvalue weighted by molar-refractivity contribution is 0.00578. The maximum absolute atomic E-state index is 14.9. The first-order valence-corrected chi connectivity index (χ1v) is 8.16. The molecule has 0 radical (unpaired) electrons. The molecule has 0 unspecified atom stereocenters. The van der Waals surface area contributed by atoms with Crippen molar-refractivity contribution in [3.05, 3.63) is 29.3 Å². The predicted molar refractivity (Wildman–Crippen MR) is 87.1 cm³/mol. The lowest BCUT2D eigenvalue weighted by atomic mass is 9.77. The van der Waals surface area contributed by atoms with Crippen LogP contribution in [0.2, 0.25) is 0 Å². The van der Waals surface area contributed by atoms with E-state index in [1.807, 2.05) is 34.6 Å². The zero-order valence-electron chi connectivity index (χ0n) is 14.7. The summed E-state index contributed by atoms with van der Waals surface area (Å²) >= 11 is 0. The third-order valence-electron chi connectivity index (χ3n) is 5.19. The van der Waals surface area contributed by atoms with Crippen molar-refractivity contribution in [2.75, 3.05) is 13.1 Å². The first kappa shape index (κ1) is 17.4. The first-order valence-electron chi connectivity index (χ1n) is 8.16. The Morgan fingerprint density at radius 2 is 1.71 bits per heavy atom. The molecular formula is C17H22BF2NO3. The van der Waals surface area contributed by atoms with E-state index in [1.165, 1.54) is 11.0 Å². The molecule has 2 aliphatic heterocycles. The fourth-order valence-electron chi connectivity index (χ4n) is 2.94. The van der Waals surface area contributed by atoms with Crippen LogP contribution in [0, 0.1) is 17.6 Å². The molecule has 0 atom stereocenters. The zero-order chi connectivity index (χ0) is 17.9. The summed E-state index contributed by atoms with van der Waals surface area (Å²) in [5.41, 5.74) is -1.77. The normalized spacial score (nSPS) is 22.6. The van der Waals surface area contributed by atoms with Gasteiger partial charge < -0.3 is 14.2 Å². The molecule has 2 fully saturated rings. The number of hydrogen-bond donors (Lipinski definition) is 0. The number of amides is 1. The number of hydrogen-bond acceptors (Lipinski definition) is 3. The maximum atomic E-state index is 14.9. The van der Waals surface area contributed by atoms with E-state index in [1.54, 1.807) is 0 Å². The Morgan fingerprint density at radius 3 is 2.21 bits per heavy atom. The molecule has 0 aromatic heterocycles. The van der Waals surface area contributed by atoms with Gasteiger partial charge in [-0.05, 0) is 39.7 Å². The number of carbonyl (C=O) groups excluding carboxylic acids is 1. The van der Waals surface area contributed by atoms with E-state index in [0.29, 0.717) is 19.0 Å². The third-order valence-corrected chi connectivity index (χ3v) is 5.19. The van der Waals surface area contributed by atoms with Crippen molar-refractivity contribution in [2.45, 2.75) is 45.8 Å². The van der Waals surface area contributed by atoms with Crippen molar-refractivity contribution in [3.8, 4) is 0 Å². The summed E-state index contributed by atoms with van der Waals surface area (Å²) < 4.78 is 40.7. The highest BCUT2D eigenvalue weighted by atomic mass is 19.1. The molecule has 2 heterocycles. The van der Waals surface area contributed by atoms with Crippen LogP contribution >= 0.6 is 0 Å². The van der Waals surface area contributed by atoms with Gasteiger partial charge >= 0.3 is 7.12 Å². The Balaban J connectivity index is 1.94. The van der Waals surface area contributed by atoms with Gasteiger partial charge in [-0.25, -0.2) is 8.78 Å². The standard InChI is InChI=1S/C17H22BF2NO3/c1-10-8-21(9-10)15(22)13-12(19)7-6-11(14(13)20)18-23-16(2,3)17(4,5)24-18/h6-7,10H,8-9H2,1-5H3. The number of rotatable bonds is 2. The van der Waals surface area contributed by atoms with E-state index < -0.39 is 41.4 Å². The Labute approximate surface area is 141 Å².